The molecule has 5 atom stereocenters. The molecule has 0 radical (unpaired) electrons. The molecule has 648 valence electrons. The lowest BCUT2D eigenvalue weighted by molar-refractivity contribution is -0.161. The lowest BCUT2D eigenvalue weighted by atomic mass is 10.0. The molecule has 0 amide bonds. The topological polar surface area (TPSA) is 237 Å². The Labute approximate surface area is 670 Å². The van der Waals surface area contributed by atoms with E-state index in [1.165, 1.54) is 315 Å². The van der Waals surface area contributed by atoms with E-state index in [2.05, 4.69) is 34.6 Å². The van der Waals surface area contributed by atoms with Gasteiger partial charge < -0.3 is 33.8 Å². The van der Waals surface area contributed by atoms with Gasteiger partial charge in [-0.05, 0) is 31.6 Å². The summed E-state index contributed by atoms with van der Waals surface area (Å²) in [6.45, 7) is 7.38. The first-order valence-corrected chi connectivity index (χ1v) is 49.6. The lowest BCUT2D eigenvalue weighted by Gasteiger charge is -2.21. The van der Waals surface area contributed by atoms with Crippen LogP contribution in [0.15, 0.2) is 0 Å². The van der Waals surface area contributed by atoms with E-state index in [0.29, 0.717) is 25.7 Å². The van der Waals surface area contributed by atoms with E-state index in [0.717, 1.165) is 95.8 Å². The summed E-state index contributed by atoms with van der Waals surface area (Å²) in [7, 11) is -9.93. The van der Waals surface area contributed by atoms with Crippen molar-refractivity contribution in [1.29, 1.82) is 0 Å². The molecular formula is C90H176O17P2. The summed E-state index contributed by atoms with van der Waals surface area (Å²) in [5.74, 6) is -1.34. The summed E-state index contributed by atoms with van der Waals surface area (Å²) >= 11 is 0. The lowest BCUT2D eigenvalue weighted by Crippen LogP contribution is -2.30. The monoisotopic (exact) mass is 1590 g/mol. The summed E-state index contributed by atoms with van der Waals surface area (Å²) < 4.78 is 69.0. The summed E-state index contributed by atoms with van der Waals surface area (Å²) in [5, 5.41) is 10.7. The zero-order valence-electron chi connectivity index (χ0n) is 71.7. The molecule has 17 nitrogen and oxygen atoms in total. The van der Waals surface area contributed by atoms with Gasteiger partial charge in [0.15, 0.2) is 12.2 Å². The summed E-state index contributed by atoms with van der Waals surface area (Å²) in [6.07, 6.45) is 77.9. The highest BCUT2D eigenvalue weighted by atomic mass is 31.2. The van der Waals surface area contributed by atoms with Gasteiger partial charge in [0.05, 0.1) is 26.4 Å². The molecule has 3 N–H and O–H groups in total. The molecule has 0 rings (SSSR count). The van der Waals surface area contributed by atoms with Gasteiger partial charge in [0.1, 0.15) is 19.3 Å². The average Bonchev–Trinajstić information content (AvgIpc) is 0.899. The van der Waals surface area contributed by atoms with Gasteiger partial charge >= 0.3 is 39.5 Å². The highest BCUT2D eigenvalue weighted by molar-refractivity contribution is 7.47. The molecule has 0 fully saturated rings. The maximum Gasteiger partial charge on any atom is 0.472 e. The maximum atomic E-state index is 13.2. The molecule has 0 aromatic rings. The number of esters is 4. The number of carbonyl (C=O) groups excluding carboxylic acids is 4. The van der Waals surface area contributed by atoms with Crippen molar-refractivity contribution in [2.45, 2.75) is 509 Å². The van der Waals surface area contributed by atoms with Crippen molar-refractivity contribution in [3.63, 3.8) is 0 Å². The van der Waals surface area contributed by atoms with E-state index in [1.54, 1.807) is 0 Å². The highest BCUT2D eigenvalue weighted by Crippen LogP contribution is 2.45. The summed E-state index contributed by atoms with van der Waals surface area (Å²) in [5.41, 5.74) is 0. The summed E-state index contributed by atoms with van der Waals surface area (Å²) in [4.78, 5) is 73.4. The minimum absolute atomic E-state index is 0.108. The van der Waals surface area contributed by atoms with Gasteiger partial charge in [-0.1, -0.05) is 439 Å². The van der Waals surface area contributed by atoms with Crippen LogP contribution in [0.25, 0.3) is 0 Å². The molecule has 0 aliphatic carbocycles. The molecule has 0 heterocycles. The van der Waals surface area contributed by atoms with Crippen molar-refractivity contribution in [3.8, 4) is 0 Å². The fraction of sp³-hybridized carbons (Fsp3) is 0.956. The first-order chi connectivity index (χ1) is 53.0. The van der Waals surface area contributed by atoms with Gasteiger partial charge in [-0.15, -0.1) is 0 Å². The number of aliphatic hydroxyl groups is 1. The van der Waals surface area contributed by atoms with Crippen LogP contribution >= 0.6 is 15.6 Å². The Kier molecular flexibility index (Phi) is 81.1. The van der Waals surface area contributed by atoms with Crippen molar-refractivity contribution in [1.82, 2.24) is 0 Å². The van der Waals surface area contributed by atoms with Crippen molar-refractivity contribution in [2.75, 3.05) is 39.6 Å². The largest absolute Gasteiger partial charge is 0.472 e. The molecule has 2 unspecified atom stereocenters. The highest BCUT2D eigenvalue weighted by Gasteiger charge is 2.31. The summed E-state index contributed by atoms with van der Waals surface area (Å²) in [6, 6.07) is 0. The number of aliphatic hydroxyl groups excluding tert-OH is 1. The Hall–Kier alpha value is -1.94. The van der Waals surface area contributed by atoms with Crippen LogP contribution in [-0.4, -0.2) is 96.7 Å². The molecule has 0 aliphatic heterocycles. The van der Waals surface area contributed by atoms with Gasteiger partial charge in [-0.25, -0.2) is 9.13 Å². The third-order valence-electron chi connectivity index (χ3n) is 21.3. The van der Waals surface area contributed by atoms with Crippen LogP contribution < -0.4 is 0 Å². The van der Waals surface area contributed by atoms with Crippen LogP contribution in [0.3, 0.4) is 0 Å². The fourth-order valence-electron chi connectivity index (χ4n) is 14.2. The van der Waals surface area contributed by atoms with Crippen molar-refractivity contribution in [3.05, 3.63) is 0 Å². The minimum atomic E-state index is -4.97. The van der Waals surface area contributed by atoms with Crippen LogP contribution in [-0.2, 0) is 65.4 Å². The standard InChI is InChI=1S/C90H176O17P2/c1-6-9-12-15-18-21-24-27-30-32-34-36-37-39-41-43-46-49-56-61-66-71-76-90(95)106-85(79-100-87(92)73-68-63-58-53-47-45-42-40-38-35-33-31-28-25-22-19-16-13-10-7-2)81-104-108(96,97)102-77-84(91)78-103-109(98,99)105-82-86(80-101-88(93)74-69-64-59-54-51-50-52-57-62-67-72-83(4)5)107-89(94)75-70-65-60-55-48-44-29-26-23-20-17-14-11-8-3/h83-86,91H,6-82H2,1-5H3,(H,96,97)(H,98,99)/t84-,85-,86-/m1/s1. The third-order valence-corrected chi connectivity index (χ3v) is 23.2. The van der Waals surface area contributed by atoms with E-state index >= 15 is 0 Å². The predicted octanol–water partition coefficient (Wildman–Crippen LogP) is 27.9. The molecule has 0 saturated carbocycles. The zero-order valence-corrected chi connectivity index (χ0v) is 73.5. The fourth-order valence-corrected chi connectivity index (χ4v) is 15.8. The van der Waals surface area contributed by atoms with E-state index in [4.69, 9.17) is 37.0 Å². The van der Waals surface area contributed by atoms with Gasteiger partial charge in [0.25, 0.3) is 0 Å². The number of hydrogen-bond donors (Lipinski definition) is 3. The zero-order chi connectivity index (χ0) is 79.7. The van der Waals surface area contributed by atoms with E-state index in [1.807, 2.05) is 0 Å². The molecule has 0 aromatic carbocycles. The molecule has 0 saturated heterocycles. The minimum Gasteiger partial charge on any atom is -0.462 e. The van der Waals surface area contributed by atoms with E-state index in [9.17, 15) is 43.2 Å². The Morgan fingerprint density at radius 1 is 0.248 bits per heavy atom. The molecule has 0 aromatic heterocycles. The van der Waals surface area contributed by atoms with Crippen molar-refractivity contribution >= 4 is 39.5 Å². The molecule has 19 heteroatoms. The van der Waals surface area contributed by atoms with Crippen LogP contribution in [0.1, 0.15) is 490 Å². The Morgan fingerprint density at radius 2 is 0.422 bits per heavy atom. The number of rotatable bonds is 90. The van der Waals surface area contributed by atoms with E-state index < -0.39 is 97.5 Å². The first-order valence-electron chi connectivity index (χ1n) is 46.6. The number of ether oxygens (including phenoxy) is 4. The predicted molar refractivity (Wildman–Crippen MR) is 451 cm³/mol. The van der Waals surface area contributed by atoms with Crippen molar-refractivity contribution < 1.29 is 80.2 Å². The molecule has 109 heavy (non-hydrogen) atoms. The molecule has 0 bridgehead atoms. The van der Waals surface area contributed by atoms with Gasteiger partial charge in [0.2, 0.25) is 0 Å². The van der Waals surface area contributed by atoms with Crippen LogP contribution in [0, 0.1) is 5.92 Å². The third kappa shape index (κ3) is 83.8. The second-order valence-corrected chi connectivity index (χ2v) is 35.7. The van der Waals surface area contributed by atoms with Crippen LogP contribution in [0.4, 0.5) is 0 Å². The van der Waals surface area contributed by atoms with Gasteiger partial charge in [-0.2, -0.15) is 0 Å². The number of phosphoric acid groups is 2. The molecule has 0 spiro atoms. The van der Waals surface area contributed by atoms with Crippen molar-refractivity contribution in [2.24, 2.45) is 5.92 Å². The number of phosphoric ester groups is 2. The second kappa shape index (κ2) is 82.6. The average molecular weight is 1590 g/mol. The van der Waals surface area contributed by atoms with Crippen LogP contribution in [0.5, 0.6) is 0 Å². The molecular weight excluding hydrogens is 1410 g/mol. The number of carbonyl (C=O) groups is 4. The maximum absolute atomic E-state index is 13.2. The number of hydrogen-bond acceptors (Lipinski definition) is 15. The first kappa shape index (κ1) is 107. The normalized spacial score (nSPS) is 13.7. The smallest absolute Gasteiger partial charge is 0.462 e. The number of unbranched alkanes of at least 4 members (excludes halogenated alkanes) is 62. The van der Waals surface area contributed by atoms with E-state index in [-0.39, 0.29) is 25.7 Å². The van der Waals surface area contributed by atoms with Gasteiger partial charge in [0, 0.05) is 25.7 Å². The Bertz CT molecular complexity index is 2070. The Morgan fingerprint density at radius 3 is 0.624 bits per heavy atom. The Balaban J connectivity index is 5.23. The SMILES string of the molecule is CCCCCCCCCCCCCCCCCCCCCCCCC(=O)O[C@H](COC(=O)CCCCCCCCCCCCCCCCCCCCCC)COP(=O)(O)OC[C@@H](O)COP(=O)(O)OC[C@@H](COC(=O)CCCCCCCCCCCCC(C)C)OC(=O)CCCCCCCCCCCCCCCC. The molecule has 0 aliphatic rings. The van der Waals surface area contributed by atoms with Crippen LogP contribution in [0.2, 0.25) is 0 Å². The second-order valence-electron chi connectivity index (χ2n) is 32.8. The van der Waals surface area contributed by atoms with Gasteiger partial charge in [-0.3, -0.25) is 37.3 Å². The quantitative estimate of drug-likeness (QED) is 0.0222.